The van der Waals surface area contributed by atoms with E-state index in [0.717, 1.165) is 0 Å². The van der Waals surface area contributed by atoms with Gasteiger partial charge in [0.15, 0.2) is 0 Å². The Morgan fingerprint density at radius 3 is 2.27 bits per heavy atom. The van der Waals surface area contributed by atoms with Crippen LogP contribution in [0.5, 0.6) is 0 Å². The molecule has 0 aliphatic heterocycles. The molecule has 11 heteroatoms. The number of hydrogen-bond donors (Lipinski definition) is 5. The fraction of sp³-hybridized carbons (Fsp3) is 0.409. The van der Waals surface area contributed by atoms with Crippen LogP contribution < -0.4 is 16.0 Å². The Morgan fingerprint density at radius 1 is 1.06 bits per heavy atom. The van der Waals surface area contributed by atoms with Gasteiger partial charge in [0.1, 0.15) is 12.1 Å². The summed E-state index contributed by atoms with van der Waals surface area (Å²) in [5, 5.41) is 16.9. The van der Waals surface area contributed by atoms with Crippen LogP contribution in [0.4, 0.5) is 0 Å². The zero-order valence-corrected chi connectivity index (χ0v) is 17.9. The van der Waals surface area contributed by atoms with Crippen molar-refractivity contribution in [3.05, 3.63) is 54.1 Å². The lowest BCUT2D eigenvalue weighted by Gasteiger charge is -2.22. The molecule has 1 aromatic carbocycles. The van der Waals surface area contributed by atoms with Gasteiger partial charge < -0.3 is 31.5 Å². The number of nitrogens with one attached hydrogen (secondary N) is 4. The lowest BCUT2D eigenvalue weighted by atomic mass is 10.0. The van der Waals surface area contributed by atoms with Crippen LogP contribution >= 0.6 is 0 Å². The van der Waals surface area contributed by atoms with Gasteiger partial charge in [0.05, 0.1) is 12.9 Å². The molecule has 0 spiro atoms. The van der Waals surface area contributed by atoms with Crippen molar-refractivity contribution in [2.24, 2.45) is 5.92 Å². The minimum atomic E-state index is -1.15. The number of benzene rings is 1. The van der Waals surface area contributed by atoms with Crippen LogP contribution in [0.25, 0.3) is 0 Å². The first-order valence-electron chi connectivity index (χ1n) is 9.89. The van der Waals surface area contributed by atoms with Crippen LogP contribution in [0.2, 0.25) is 0 Å². The number of nitrogens with zero attached hydrogens (tertiary/aromatic N) is 1. The molecule has 2 atom stereocenters. The summed E-state index contributed by atoms with van der Waals surface area (Å²) in [5.74, 6) is -2.74. The smallest absolute Gasteiger partial charge is 0.326 e. The molecule has 33 heavy (non-hydrogen) atoms. The topological polar surface area (TPSA) is 185 Å². The van der Waals surface area contributed by atoms with Crippen molar-refractivity contribution in [3.8, 4) is 0 Å². The molecule has 2 rings (SSSR count). The Bertz CT molecular complexity index is 886. The quantitative estimate of drug-likeness (QED) is 0.319. The lowest BCUT2D eigenvalue weighted by molar-refractivity contribution is -0.142. The number of hydrogen-bond acceptors (Lipinski definition) is 5. The van der Waals surface area contributed by atoms with E-state index in [4.69, 9.17) is 0 Å². The van der Waals surface area contributed by atoms with Crippen molar-refractivity contribution < 1.29 is 29.8 Å². The zero-order valence-electron chi connectivity index (χ0n) is 17.9. The number of aromatic amines is 1. The minimum absolute atomic E-state index is 0. The molecular weight excluding hydrogens is 430 g/mol. The number of H-pyrrole nitrogens is 1. The molecular formula is C22H33N5O6. The van der Waals surface area contributed by atoms with E-state index in [-0.39, 0.29) is 38.2 Å². The summed E-state index contributed by atoms with van der Waals surface area (Å²) in [4.78, 5) is 55.4. The van der Waals surface area contributed by atoms with Gasteiger partial charge in [0.2, 0.25) is 11.8 Å². The fourth-order valence-corrected chi connectivity index (χ4v) is 2.89. The minimum Gasteiger partial charge on any atom is -0.480 e. The maximum atomic E-state index is 12.8. The number of carboxylic acid groups (broad SMARTS) is 1. The number of carbonyl (C=O) groups is 4. The van der Waals surface area contributed by atoms with Gasteiger partial charge in [-0.05, 0) is 24.5 Å². The Kier molecular flexibility index (Phi) is 12.7. The largest absolute Gasteiger partial charge is 0.480 e. The summed E-state index contributed by atoms with van der Waals surface area (Å²) in [5.41, 5.74) is 0.990. The standard InChI is InChI=1S/C21H27N5O5.CH4.H2O/c1-13(2)8-17(21(30)31)26-20(29)16(9-15-10-22-12-24-15)25-18(27)11-23-19(28)14-6-4-3-5-7-14;;/h3-7,10,12-13,16-17H,8-9,11H2,1-2H3,(H,22,24)(H,23,28)(H,25,27)(H,26,29)(H,30,31);1H4;1H2/t16-,17-;;/m0../s1. The van der Waals surface area contributed by atoms with E-state index in [9.17, 15) is 24.3 Å². The maximum absolute atomic E-state index is 12.8. The maximum Gasteiger partial charge on any atom is 0.326 e. The Labute approximate surface area is 192 Å². The molecule has 182 valence electrons. The number of aliphatic carboxylic acids is 1. The molecule has 0 aliphatic rings. The molecule has 0 saturated heterocycles. The highest BCUT2D eigenvalue weighted by atomic mass is 16.4. The highest BCUT2D eigenvalue weighted by Crippen LogP contribution is 2.07. The average Bonchev–Trinajstić information content (AvgIpc) is 3.24. The molecule has 7 N–H and O–H groups in total. The van der Waals surface area contributed by atoms with Crippen molar-refractivity contribution in [2.45, 2.75) is 46.2 Å². The Hall–Kier alpha value is -3.73. The van der Waals surface area contributed by atoms with Crippen LogP contribution in [-0.4, -0.2) is 62.9 Å². The van der Waals surface area contributed by atoms with E-state index in [1.165, 1.54) is 12.5 Å². The molecule has 0 bridgehead atoms. The van der Waals surface area contributed by atoms with Gasteiger partial charge in [0, 0.05) is 23.9 Å². The van der Waals surface area contributed by atoms with E-state index in [0.29, 0.717) is 11.3 Å². The SMILES string of the molecule is C.CC(C)C[C@H](NC(=O)[C@H](Cc1cnc[nH]1)NC(=O)CNC(=O)c1ccccc1)C(=O)O.O. The van der Waals surface area contributed by atoms with E-state index in [1.54, 1.807) is 30.3 Å². The molecule has 1 aromatic heterocycles. The first-order chi connectivity index (χ1) is 14.8. The molecule has 11 nitrogen and oxygen atoms in total. The summed E-state index contributed by atoms with van der Waals surface area (Å²) in [7, 11) is 0. The number of rotatable bonds is 11. The van der Waals surface area contributed by atoms with Gasteiger partial charge in [-0.25, -0.2) is 9.78 Å². The van der Waals surface area contributed by atoms with Crippen LogP contribution in [0.1, 0.15) is 43.7 Å². The lowest BCUT2D eigenvalue weighted by Crippen LogP contribution is -2.54. The third-order valence-electron chi connectivity index (χ3n) is 4.40. The fourth-order valence-electron chi connectivity index (χ4n) is 2.89. The number of carboxylic acids is 1. The summed E-state index contributed by atoms with van der Waals surface area (Å²) in [6.45, 7) is 3.36. The van der Waals surface area contributed by atoms with Gasteiger partial charge >= 0.3 is 5.97 Å². The number of aromatic nitrogens is 2. The number of carbonyl (C=O) groups excluding carboxylic acids is 3. The molecule has 3 amide bonds. The van der Waals surface area contributed by atoms with Crippen molar-refractivity contribution in [2.75, 3.05) is 6.54 Å². The van der Waals surface area contributed by atoms with Crippen LogP contribution in [0.15, 0.2) is 42.9 Å². The second-order valence-electron chi connectivity index (χ2n) is 7.48. The second kappa shape index (κ2) is 14.4. The average molecular weight is 464 g/mol. The number of amides is 3. The van der Waals surface area contributed by atoms with Gasteiger partial charge in [-0.2, -0.15) is 0 Å². The third kappa shape index (κ3) is 9.95. The van der Waals surface area contributed by atoms with Crippen LogP contribution in [0.3, 0.4) is 0 Å². The molecule has 0 unspecified atom stereocenters. The van der Waals surface area contributed by atoms with E-state index in [2.05, 4.69) is 25.9 Å². The monoisotopic (exact) mass is 463 g/mol. The predicted octanol–water partition coefficient (Wildman–Crippen LogP) is 0.294. The Balaban J connectivity index is 0.00000512. The predicted molar refractivity (Wildman–Crippen MR) is 122 cm³/mol. The normalized spacial score (nSPS) is 11.8. The summed E-state index contributed by atoms with van der Waals surface area (Å²) in [6, 6.07) is 6.28. The van der Waals surface area contributed by atoms with Crippen molar-refractivity contribution in [1.29, 1.82) is 0 Å². The molecule has 0 radical (unpaired) electrons. The van der Waals surface area contributed by atoms with Gasteiger partial charge in [-0.1, -0.05) is 39.5 Å². The van der Waals surface area contributed by atoms with E-state index >= 15 is 0 Å². The third-order valence-corrected chi connectivity index (χ3v) is 4.40. The molecule has 2 aromatic rings. The highest BCUT2D eigenvalue weighted by molar-refractivity contribution is 5.97. The van der Waals surface area contributed by atoms with Crippen molar-refractivity contribution in [3.63, 3.8) is 0 Å². The molecule has 1 heterocycles. The van der Waals surface area contributed by atoms with Crippen LogP contribution in [0, 0.1) is 5.92 Å². The summed E-state index contributed by atoms with van der Waals surface area (Å²) >= 11 is 0. The summed E-state index contributed by atoms with van der Waals surface area (Å²) in [6.07, 6.45) is 3.27. The summed E-state index contributed by atoms with van der Waals surface area (Å²) < 4.78 is 0. The van der Waals surface area contributed by atoms with E-state index in [1.807, 2.05) is 13.8 Å². The molecule has 0 fully saturated rings. The van der Waals surface area contributed by atoms with Crippen molar-refractivity contribution in [1.82, 2.24) is 25.9 Å². The first-order valence-corrected chi connectivity index (χ1v) is 9.89. The van der Waals surface area contributed by atoms with Gasteiger partial charge in [-0.3, -0.25) is 14.4 Å². The Morgan fingerprint density at radius 2 is 1.73 bits per heavy atom. The number of imidazole rings is 1. The molecule has 0 aliphatic carbocycles. The zero-order chi connectivity index (χ0) is 22.8. The van der Waals surface area contributed by atoms with Gasteiger partial charge in [0.25, 0.3) is 5.91 Å². The molecule has 0 saturated carbocycles. The van der Waals surface area contributed by atoms with Crippen LogP contribution in [-0.2, 0) is 20.8 Å². The van der Waals surface area contributed by atoms with Gasteiger partial charge in [-0.15, -0.1) is 0 Å². The second-order valence-corrected chi connectivity index (χ2v) is 7.48. The first kappa shape index (κ1) is 29.3. The highest BCUT2D eigenvalue weighted by Gasteiger charge is 2.27. The van der Waals surface area contributed by atoms with Crippen molar-refractivity contribution >= 4 is 23.7 Å². The van der Waals surface area contributed by atoms with E-state index < -0.39 is 35.8 Å².